The van der Waals surface area contributed by atoms with Gasteiger partial charge in [0.2, 0.25) is 5.75 Å². The van der Waals surface area contributed by atoms with Crippen molar-refractivity contribution in [3.63, 3.8) is 0 Å². The number of nitriles is 1. The van der Waals surface area contributed by atoms with Gasteiger partial charge in [-0.2, -0.15) is 5.26 Å². The average Bonchev–Trinajstić information content (AvgIpc) is 2.40. The monoisotopic (exact) mass is 445 g/mol. The first-order valence-corrected chi connectivity index (χ1v) is 7.05. The summed E-state index contributed by atoms with van der Waals surface area (Å²) >= 11 is 5.13. The predicted molar refractivity (Wildman–Crippen MR) is 82.5 cm³/mol. The van der Waals surface area contributed by atoms with E-state index in [4.69, 9.17) is 10.00 Å². The Hall–Kier alpha value is -1.73. The Balaban J connectivity index is 2.51. The molecule has 0 N–H and O–H groups in total. The summed E-state index contributed by atoms with van der Waals surface area (Å²) in [5, 5.41) is 19.9. The average molecular weight is 446 g/mol. The number of ether oxygens (including phenoxy) is 1. The van der Waals surface area contributed by atoms with Crippen LogP contribution in [0.25, 0.3) is 0 Å². The first-order chi connectivity index (χ1) is 9.51. The fraction of sp³-hybridized carbons (Fsp3) is 0. The summed E-state index contributed by atoms with van der Waals surface area (Å²) in [6, 6.07) is 6.23. The maximum Gasteiger partial charge on any atom is 0.314 e. The number of nitro benzene ring substituents is 1. The van der Waals surface area contributed by atoms with Crippen LogP contribution in [-0.2, 0) is 0 Å². The Morgan fingerprint density at radius 3 is 2.75 bits per heavy atom. The van der Waals surface area contributed by atoms with Crippen molar-refractivity contribution in [3.05, 3.63) is 54.3 Å². The van der Waals surface area contributed by atoms with Crippen LogP contribution in [0.3, 0.4) is 0 Å². The molecule has 0 spiro atoms. The van der Waals surface area contributed by atoms with Crippen molar-refractivity contribution in [3.8, 4) is 17.6 Å². The summed E-state index contributed by atoms with van der Waals surface area (Å²) in [5.74, 6) is 0.458. The molecule has 20 heavy (non-hydrogen) atoms. The third kappa shape index (κ3) is 3.23. The summed E-state index contributed by atoms with van der Waals surface area (Å²) < 4.78 is 6.71. The van der Waals surface area contributed by atoms with Crippen molar-refractivity contribution in [1.29, 1.82) is 5.26 Å². The van der Waals surface area contributed by atoms with E-state index in [-0.39, 0.29) is 17.0 Å². The van der Waals surface area contributed by atoms with Crippen LogP contribution in [0.5, 0.6) is 11.5 Å². The fourth-order valence-corrected chi connectivity index (χ4v) is 2.51. The van der Waals surface area contributed by atoms with Crippen molar-refractivity contribution in [1.82, 2.24) is 4.98 Å². The van der Waals surface area contributed by atoms with Crippen molar-refractivity contribution in [2.24, 2.45) is 0 Å². The zero-order valence-corrected chi connectivity index (χ0v) is 13.5. The largest absolute Gasteiger partial charge is 0.447 e. The lowest BCUT2D eigenvalue weighted by Gasteiger charge is -2.08. The first-order valence-electron chi connectivity index (χ1n) is 5.17. The molecule has 6 nitrogen and oxygen atoms in total. The molecule has 0 bridgehead atoms. The standard InChI is InChI=1S/C12H5BrIN3O3/c13-8-3-9(6-16-5-8)20-12-10(14)1-7(4-15)2-11(12)17(18)19/h1-3,5-6H. The molecule has 8 heteroatoms. The molecule has 1 aromatic heterocycles. The number of nitro groups is 1. The van der Waals surface area contributed by atoms with Crippen molar-refractivity contribution in [2.75, 3.05) is 0 Å². The Labute approximate surface area is 135 Å². The first kappa shape index (κ1) is 14.7. The van der Waals surface area contributed by atoms with E-state index in [9.17, 15) is 10.1 Å². The minimum atomic E-state index is -0.580. The van der Waals surface area contributed by atoms with E-state index in [0.29, 0.717) is 13.8 Å². The fourth-order valence-electron chi connectivity index (χ4n) is 1.45. The summed E-state index contributed by atoms with van der Waals surface area (Å²) in [4.78, 5) is 14.4. The van der Waals surface area contributed by atoms with Crippen LogP contribution in [-0.4, -0.2) is 9.91 Å². The molecule has 0 fully saturated rings. The van der Waals surface area contributed by atoms with Crippen LogP contribution < -0.4 is 4.74 Å². The lowest BCUT2D eigenvalue weighted by Crippen LogP contribution is -1.97. The Morgan fingerprint density at radius 2 is 2.15 bits per heavy atom. The van der Waals surface area contributed by atoms with Crippen molar-refractivity contribution >= 4 is 44.2 Å². The predicted octanol–water partition coefficient (Wildman–Crippen LogP) is 4.02. The van der Waals surface area contributed by atoms with Gasteiger partial charge in [0.05, 0.1) is 26.3 Å². The third-order valence-electron chi connectivity index (χ3n) is 2.25. The molecule has 100 valence electrons. The smallest absolute Gasteiger partial charge is 0.314 e. The number of hydrogen-bond acceptors (Lipinski definition) is 5. The summed E-state index contributed by atoms with van der Waals surface area (Å²) in [6.45, 7) is 0. The maximum atomic E-state index is 11.1. The molecule has 0 radical (unpaired) electrons. The highest BCUT2D eigenvalue weighted by Gasteiger charge is 2.21. The van der Waals surface area contributed by atoms with Gasteiger partial charge in [-0.1, -0.05) is 0 Å². The molecular formula is C12H5BrIN3O3. The highest BCUT2D eigenvalue weighted by Crippen LogP contribution is 2.37. The molecule has 0 aliphatic heterocycles. The van der Waals surface area contributed by atoms with Gasteiger partial charge in [0.25, 0.3) is 0 Å². The molecule has 0 unspecified atom stereocenters. The highest BCUT2D eigenvalue weighted by atomic mass is 127. The number of hydrogen-bond donors (Lipinski definition) is 0. The molecule has 0 aliphatic rings. The van der Waals surface area contributed by atoms with Crippen molar-refractivity contribution < 1.29 is 9.66 Å². The van der Waals surface area contributed by atoms with Gasteiger partial charge in [-0.25, -0.2) is 0 Å². The van der Waals surface area contributed by atoms with Gasteiger partial charge in [0, 0.05) is 16.7 Å². The number of benzene rings is 1. The van der Waals surface area contributed by atoms with E-state index in [2.05, 4.69) is 20.9 Å². The molecule has 0 saturated heterocycles. The quantitative estimate of drug-likeness (QED) is 0.404. The molecule has 0 atom stereocenters. The summed E-state index contributed by atoms with van der Waals surface area (Å²) in [6.07, 6.45) is 3.02. The number of halogens is 2. The van der Waals surface area contributed by atoms with E-state index in [1.165, 1.54) is 18.3 Å². The maximum absolute atomic E-state index is 11.1. The van der Waals surface area contributed by atoms with Crippen LogP contribution in [0.1, 0.15) is 5.56 Å². The van der Waals surface area contributed by atoms with Crippen LogP contribution >= 0.6 is 38.5 Å². The summed E-state index contributed by atoms with van der Waals surface area (Å²) in [5.41, 5.74) is -0.0470. The van der Waals surface area contributed by atoms with Gasteiger partial charge in [-0.15, -0.1) is 0 Å². The number of rotatable bonds is 3. The lowest BCUT2D eigenvalue weighted by atomic mass is 10.2. The van der Waals surface area contributed by atoms with Crippen LogP contribution in [0, 0.1) is 25.0 Å². The normalized spacial score (nSPS) is 9.85. The van der Waals surface area contributed by atoms with Gasteiger partial charge < -0.3 is 4.74 Å². The molecular weight excluding hydrogens is 441 g/mol. The SMILES string of the molecule is N#Cc1cc(I)c(Oc2cncc(Br)c2)c([N+](=O)[O-])c1. The van der Waals surface area contributed by atoms with Gasteiger partial charge in [0.1, 0.15) is 5.75 Å². The van der Waals surface area contributed by atoms with E-state index in [1.807, 2.05) is 28.7 Å². The van der Waals surface area contributed by atoms with Crippen molar-refractivity contribution in [2.45, 2.75) is 0 Å². The third-order valence-corrected chi connectivity index (χ3v) is 3.48. The molecule has 2 rings (SSSR count). The minimum Gasteiger partial charge on any atom is -0.447 e. The molecule has 0 aliphatic carbocycles. The molecule has 0 saturated carbocycles. The number of nitrogens with zero attached hydrogens (tertiary/aromatic N) is 3. The second-order valence-corrected chi connectivity index (χ2v) is 5.69. The van der Waals surface area contributed by atoms with Crippen LogP contribution in [0.4, 0.5) is 5.69 Å². The van der Waals surface area contributed by atoms with Crippen LogP contribution in [0.15, 0.2) is 35.1 Å². The number of pyridine rings is 1. The van der Waals surface area contributed by atoms with E-state index >= 15 is 0 Å². The molecule has 1 heterocycles. The molecule has 0 amide bonds. The Morgan fingerprint density at radius 1 is 1.40 bits per heavy atom. The minimum absolute atomic E-state index is 0.0921. The molecule has 2 aromatic rings. The lowest BCUT2D eigenvalue weighted by molar-refractivity contribution is -0.385. The van der Waals surface area contributed by atoms with Gasteiger partial charge >= 0.3 is 5.69 Å². The van der Waals surface area contributed by atoms with Gasteiger partial charge in [-0.3, -0.25) is 15.1 Å². The molecule has 1 aromatic carbocycles. The van der Waals surface area contributed by atoms with Crippen LogP contribution in [0.2, 0.25) is 0 Å². The van der Waals surface area contributed by atoms with Gasteiger partial charge in [0.15, 0.2) is 0 Å². The Kier molecular flexibility index (Phi) is 4.51. The van der Waals surface area contributed by atoms with E-state index < -0.39 is 4.92 Å². The number of aromatic nitrogens is 1. The second-order valence-electron chi connectivity index (χ2n) is 3.62. The second kappa shape index (κ2) is 6.15. The van der Waals surface area contributed by atoms with Gasteiger partial charge in [-0.05, 0) is 50.7 Å². The Bertz CT molecular complexity index is 730. The van der Waals surface area contributed by atoms with E-state index in [1.54, 1.807) is 12.3 Å². The summed E-state index contributed by atoms with van der Waals surface area (Å²) in [7, 11) is 0. The highest BCUT2D eigenvalue weighted by molar-refractivity contribution is 14.1. The zero-order chi connectivity index (χ0) is 14.7. The zero-order valence-electron chi connectivity index (χ0n) is 9.71. The van der Waals surface area contributed by atoms with E-state index in [0.717, 1.165) is 0 Å². The topological polar surface area (TPSA) is 89.0 Å².